The van der Waals surface area contributed by atoms with Gasteiger partial charge in [-0.25, -0.2) is 4.79 Å². The molecule has 0 saturated carbocycles. The summed E-state index contributed by atoms with van der Waals surface area (Å²) in [5, 5.41) is 0.172. The molecule has 1 saturated heterocycles. The second-order valence-corrected chi connectivity index (χ2v) is 8.95. The predicted octanol–water partition coefficient (Wildman–Crippen LogP) is 5.93. The molecule has 36 heavy (non-hydrogen) atoms. The first kappa shape index (κ1) is 25.4. The third kappa shape index (κ3) is 5.75. The first-order chi connectivity index (χ1) is 17.4. The molecule has 0 aliphatic carbocycles. The van der Waals surface area contributed by atoms with Gasteiger partial charge >= 0.3 is 5.97 Å². The Morgan fingerprint density at radius 3 is 2.64 bits per heavy atom. The Bertz CT molecular complexity index is 1330. The fraction of sp³-hybridized carbons (Fsp3) is 0.192. The molecule has 0 N–H and O–H groups in total. The van der Waals surface area contributed by atoms with E-state index < -0.39 is 17.1 Å². The van der Waals surface area contributed by atoms with Gasteiger partial charge in [-0.2, -0.15) is 0 Å². The molecule has 0 spiro atoms. The minimum atomic E-state index is -0.639. The zero-order chi connectivity index (χ0) is 25.7. The predicted molar refractivity (Wildman–Crippen MR) is 135 cm³/mol. The van der Waals surface area contributed by atoms with Crippen molar-refractivity contribution in [1.29, 1.82) is 0 Å². The lowest BCUT2D eigenvalue weighted by Gasteiger charge is -2.13. The molecule has 1 aromatic heterocycles. The Morgan fingerprint density at radius 2 is 1.89 bits per heavy atom. The molecule has 1 aliphatic heterocycles. The summed E-state index contributed by atoms with van der Waals surface area (Å²) in [5.74, 6) is 0.218. The maximum Gasteiger partial charge on any atom is 0.373 e. The van der Waals surface area contributed by atoms with Gasteiger partial charge < -0.3 is 18.6 Å². The van der Waals surface area contributed by atoms with Gasteiger partial charge in [0, 0.05) is 10.6 Å². The van der Waals surface area contributed by atoms with Gasteiger partial charge in [0.15, 0.2) is 11.5 Å². The number of hydrogen-bond donors (Lipinski definition) is 0. The van der Waals surface area contributed by atoms with Crippen LogP contribution >= 0.6 is 23.4 Å². The monoisotopic (exact) mass is 527 g/mol. The van der Waals surface area contributed by atoms with E-state index >= 15 is 0 Å². The van der Waals surface area contributed by atoms with Crippen LogP contribution < -0.4 is 9.47 Å². The van der Waals surface area contributed by atoms with Gasteiger partial charge in [-0.05, 0) is 60.7 Å². The van der Waals surface area contributed by atoms with Crippen LogP contribution in [0, 0.1) is 0 Å². The van der Waals surface area contributed by atoms with E-state index in [1.54, 1.807) is 30.3 Å². The summed E-state index contributed by atoms with van der Waals surface area (Å²) in [6.07, 6.45) is 1.62. The third-order valence-corrected chi connectivity index (χ3v) is 6.42. The standard InChI is InChI=1S/C26H22ClNO7S/c1-3-33-22-12-16(8-10-20(22)34-15-17-6-4-5-7-19(17)27)13-23-24(29)28(26(31)36-23)14-18-9-11-21(35-18)25(30)32-2/h4-13H,3,14-15H2,1-2H3/b23-13+. The number of rotatable bonds is 9. The fourth-order valence-electron chi connectivity index (χ4n) is 3.39. The highest BCUT2D eigenvalue weighted by Gasteiger charge is 2.35. The van der Waals surface area contributed by atoms with Crippen LogP contribution in [0.15, 0.2) is 63.9 Å². The van der Waals surface area contributed by atoms with Crippen molar-refractivity contribution in [2.24, 2.45) is 0 Å². The van der Waals surface area contributed by atoms with Gasteiger partial charge in [-0.3, -0.25) is 14.5 Å². The van der Waals surface area contributed by atoms with E-state index in [0.29, 0.717) is 28.7 Å². The average molecular weight is 528 g/mol. The van der Waals surface area contributed by atoms with Crippen LogP contribution in [0.5, 0.6) is 11.5 Å². The smallest absolute Gasteiger partial charge is 0.373 e. The van der Waals surface area contributed by atoms with Crippen LogP contribution in [0.4, 0.5) is 4.79 Å². The van der Waals surface area contributed by atoms with Crippen molar-refractivity contribution in [2.45, 2.75) is 20.1 Å². The average Bonchev–Trinajstić information content (AvgIpc) is 3.44. The number of amides is 2. The van der Waals surface area contributed by atoms with E-state index in [2.05, 4.69) is 4.74 Å². The number of furan rings is 1. The Hall–Kier alpha value is -3.69. The van der Waals surface area contributed by atoms with Gasteiger partial charge in [-0.15, -0.1) is 0 Å². The number of ether oxygens (including phenoxy) is 3. The van der Waals surface area contributed by atoms with Gasteiger partial charge in [0.1, 0.15) is 12.4 Å². The number of esters is 1. The summed E-state index contributed by atoms with van der Waals surface area (Å²) in [6, 6.07) is 15.6. The summed E-state index contributed by atoms with van der Waals surface area (Å²) >= 11 is 7.04. The lowest BCUT2D eigenvalue weighted by Crippen LogP contribution is -2.27. The highest BCUT2D eigenvalue weighted by Crippen LogP contribution is 2.36. The molecule has 4 rings (SSSR count). The highest BCUT2D eigenvalue weighted by atomic mass is 35.5. The normalized spacial score (nSPS) is 14.4. The highest BCUT2D eigenvalue weighted by molar-refractivity contribution is 8.18. The van der Waals surface area contributed by atoms with Gasteiger partial charge in [-0.1, -0.05) is 35.9 Å². The van der Waals surface area contributed by atoms with Crippen molar-refractivity contribution in [3.63, 3.8) is 0 Å². The maximum absolute atomic E-state index is 12.9. The van der Waals surface area contributed by atoms with E-state index in [0.717, 1.165) is 22.2 Å². The van der Waals surface area contributed by atoms with E-state index in [4.69, 9.17) is 25.5 Å². The number of carbonyl (C=O) groups excluding carboxylic acids is 3. The second-order valence-electron chi connectivity index (χ2n) is 7.54. The van der Waals surface area contributed by atoms with Crippen molar-refractivity contribution in [3.8, 4) is 11.5 Å². The molecule has 2 amide bonds. The number of nitrogens with zero attached hydrogens (tertiary/aromatic N) is 1. The Balaban J connectivity index is 1.49. The minimum Gasteiger partial charge on any atom is -0.490 e. The van der Waals surface area contributed by atoms with E-state index in [-0.39, 0.29) is 29.6 Å². The van der Waals surface area contributed by atoms with Crippen molar-refractivity contribution in [1.82, 2.24) is 4.90 Å². The number of methoxy groups -OCH3 is 1. The van der Waals surface area contributed by atoms with E-state index in [1.165, 1.54) is 19.2 Å². The molecular formula is C26H22ClNO7S. The summed E-state index contributed by atoms with van der Waals surface area (Å²) < 4.78 is 21.6. The van der Waals surface area contributed by atoms with Crippen LogP contribution in [-0.2, 0) is 22.7 Å². The summed E-state index contributed by atoms with van der Waals surface area (Å²) in [4.78, 5) is 38.3. The van der Waals surface area contributed by atoms with Gasteiger partial charge in [0.2, 0.25) is 5.76 Å². The fourth-order valence-corrected chi connectivity index (χ4v) is 4.42. The van der Waals surface area contributed by atoms with Crippen LogP contribution in [0.3, 0.4) is 0 Å². The lowest BCUT2D eigenvalue weighted by atomic mass is 10.1. The molecular weight excluding hydrogens is 506 g/mol. The van der Waals surface area contributed by atoms with Crippen molar-refractivity contribution in [3.05, 3.63) is 87.2 Å². The Kier molecular flexibility index (Phi) is 8.02. The number of benzene rings is 2. The maximum atomic E-state index is 12.9. The molecule has 0 unspecified atom stereocenters. The SMILES string of the molecule is CCOc1cc(/C=C2/SC(=O)N(Cc3ccc(C(=O)OC)o3)C2=O)ccc1OCc1ccccc1Cl. The van der Waals surface area contributed by atoms with Gasteiger partial charge in [0.05, 0.1) is 25.2 Å². The molecule has 1 aliphatic rings. The van der Waals surface area contributed by atoms with E-state index in [1.807, 2.05) is 25.1 Å². The minimum absolute atomic E-state index is 0.00434. The molecule has 186 valence electrons. The summed E-state index contributed by atoms with van der Waals surface area (Å²) in [7, 11) is 1.24. The largest absolute Gasteiger partial charge is 0.490 e. The molecule has 8 nitrogen and oxygen atoms in total. The van der Waals surface area contributed by atoms with Crippen LogP contribution in [-0.4, -0.2) is 35.7 Å². The third-order valence-electron chi connectivity index (χ3n) is 5.14. The van der Waals surface area contributed by atoms with E-state index in [9.17, 15) is 14.4 Å². The van der Waals surface area contributed by atoms with Crippen molar-refractivity contribution < 1.29 is 33.0 Å². The zero-order valence-corrected chi connectivity index (χ0v) is 21.1. The van der Waals surface area contributed by atoms with Crippen LogP contribution in [0.1, 0.15) is 34.4 Å². The second kappa shape index (κ2) is 11.4. The first-order valence-corrected chi connectivity index (χ1v) is 12.1. The Morgan fingerprint density at radius 1 is 1.08 bits per heavy atom. The first-order valence-electron chi connectivity index (χ1n) is 10.9. The Labute approximate surface area is 216 Å². The summed E-state index contributed by atoms with van der Waals surface area (Å²) in [5.41, 5.74) is 1.51. The number of thioether (sulfide) groups is 1. The number of halogens is 1. The van der Waals surface area contributed by atoms with Crippen molar-refractivity contribution in [2.75, 3.05) is 13.7 Å². The number of hydrogen-bond acceptors (Lipinski definition) is 8. The molecule has 0 atom stereocenters. The lowest BCUT2D eigenvalue weighted by molar-refractivity contribution is -0.123. The zero-order valence-electron chi connectivity index (χ0n) is 19.5. The molecule has 1 fully saturated rings. The molecule has 0 radical (unpaired) electrons. The van der Waals surface area contributed by atoms with Gasteiger partial charge in [0.25, 0.3) is 11.1 Å². The van der Waals surface area contributed by atoms with Crippen LogP contribution in [0.2, 0.25) is 5.02 Å². The number of carbonyl (C=O) groups is 3. The summed E-state index contributed by atoms with van der Waals surface area (Å²) in [6.45, 7) is 2.44. The molecule has 0 bridgehead atoms. The topological polar surface area (TPSA) is 95.3 Å². The molecule has 10 heteroatoms. The molecule has 2 heterocycles. The van der Waals surface area contributed by atoms with Crippen molar-refractivity contribution >= 4 is 46.6 Å². The molecule has 3 aromatic rings. The quantitative estimate of drug-likeness (QED) is 0.249. The molecule has 2 aromatic carbocycles. The van der Waals surface area contributed by atoms with Crippen LogP contribution in [0.25, 0.3) is 6.08 Å². The number of imide groups is 1.